The van der Waals surface area contributed by atoms with Crippen molar-refractivity contribution in [3.05, 3.63) is 0 Å². The lowest BCUT2D eigenvalue weighted by Gasteiger charge is -2.45. The first-order valence-electron chi connectivity index (χ1n) is 6.77. The first kappa shape index (κ1) is 15.5. The van der Waals surface area contributed by atoms with Gasteiger partial charge in [-0.25, -0.2) is 4.79 Å². The van der Waals surface area contributed by atoms with E-state index in [0.717, 1.165) is 13.8 Å². The minimum atomic E-state index is -1.74. The Bertz CT molecular complexity index is 525. The lowest BCUT2D eigenvalue weighted by atomic mass is 9.59. The quantitative estimate of drug-likeness (QED) is 0.694. The second-order valence-corrected chi connectivity index (χ2v) is 5.74. The van der Waals surface area contributed by atoms with Gasteiger partial charge in [0.1, 0.15) is 0 Å². The van der Waals surface area contributed by atoms with E-state index in [1.54, 1.807) is 6.92 Å². The topological polar surface area (TPSA) is 96.0 Å². The molecule has 1 aliphatic heterocycles. The van der Waals surface area contributed by atoms with Crippen LogP contribution < -0.4 is 0 Å². The van der Waals surface area contributed by atoms with Crippen LogP contribution in [0.2, 0.25) is 0 Å². The molecule has 1 aliphatic carbocycles. The maximum absolute atomic E-state index is 12.5. The van der Waals surface area contributed by atoms with Gasteiger partial charge in [0.25, 0.3) is 6.29 Å². The number of cyclic esters (lactones) is 1. The normalized spacial score (nSPS) is 38.5. The molecule has 0 bridgehead atoms. The standard InChI is InChI=1S/C14H18O7/c1-7-5-6-10(17)13(4)12(19-8(2)15)20-11(18)14(7,13)21-9(3)16/h7,12H,5-6H2,1-4H3/t7-,12-,13+,14+/m1/s1. The van der Waals surface area contributed by atoms with E-state index in [-0.39, 0.29) is 12.2 Å². The van der Waals surface area contributed by atoms with E-state index in [1.165, 1.54) is 6.92 Å². The van der Waals surface area contributed by atoms with E-state index in [1.807, 2.05) is 0 Å². The summed E-state index contributed by atoms with van der Waals surface area (Å²) in [5, 5.41) is 0. The average molecular weight is 298 g/mol. The van der Waals surface area contributed by atoms with Crippen LogP contribution in [-0.2, 0) is 33.4 Å². The first-order valence-corrected chi connectivity index (χ1v) is 6.77. The summed E-state index contributed by atoms with van der Waals surface area (Å²) in [5.74, 6) is -2.95. The summed E-state index contributed by atoms with van der Waals surface area (Å²) in [6.45, 7) is 5.48. The highest BCUT2D eigenvalue weighted by atomic mass is 16.7. The summed E-state index contributed by atoms with van der Waals surface area (Å²) < 4.78 is 15.4. The van der Waals surface area contributed by atoms with Crippen LogP contribution in [-0.4, -0.2) is 35.6 Å². The summed E-state index contributed by atoms with van der Waals surface area (Å²) in [6, 6.07) is 0. The van der Waals surface area contributed by atoms with Crippen molar-refractivity contribution in [2.24, 2.45) is 11.3 Å². The predicted molar refractivity (Wildman–Crippen MR) is 67.7 cm³/mol. The third-order valence-electron chi connectivity index (χ3n) is 4.42. The third-order valence-corrected chi connectivity index (χ3v) is 4.42. The number of carbonyl (C=O) groups excluding carboxylic acids is 4. The molecule has 4 atom stereocenters. The van der Waals surface area contributed by atoms with E-state index < -0.39 is 41.1 Å². The molecule has 0 aromatic carbocycles. The fourth-order valence-electron chi connectivity index (χ4n) is 3.32. The lowest BCUT2D eigenvalue weighted by molar-refractivity contribution is -0.204. The van der Waals surface area contributed by atoms with Crippen LogP contribution in [0.3, 0.4) is 0 Å². The number of rotatable bonds is 2. The molecule has 0 unspecified atom stereocenters. The van der Waals surface area contributed by atoms with Crippen molar-refractivity contribution in [3.63, 3.8) is 0 Å². The number of hydrogen-bond acceptors (Lipinski definition) is 7. The van der Waals surface area contributed by atoms with Crippen LogP contribution in [0.4, 0.5) is 0 Å². The van der Waals surface area contributed by atoms with Gasteiger partial charge in [0, 0.05) is 26.2 Å². The van der Waals surface area contributed by atoms with Crippen molar-refractivity contribution >= 4 is 23.7 Å². The zero-order valence-electron chi connectivity index (χ0n) is 12.4. The zero-order chi connectivity index (χ0) is 16.0. The van der Waals surface area contributed by atoms with Crippen LogP contribution in [0.5, 0.6) is 0 Å². The number of ether oxygens (including phenoxy) is 3. The van der Waals surface area contributed by atoms with Gasteiger partial charge in [0.05, 0.1) is 0 Å². The monoisotopic (exact) mass is 298 g/mol. The van der Waals surface area contributed by atoms with Crippen molar-refractivity contribution in [3.8, 4) is 0 Å². The van der Waals surface area contributed by atoms with Crippen LogP contribution in [0, 0.1) is 11.3 Å². The largest absolute Gasteiger partial charge is 0.445 e. The van der Waals surface area contributed by atoms with Crippen molar-refractivity contribution in [2.75, 3.05) is 0 Å². The Hall–Kier alpha value is -1.92. The SMILES string of the molecule is CC(=O)O[C@@H]1OC(=O)[C@@]2(OC(C)=O)[C@H](C)CCC(=O)[C@@]12C. The number of esters is 3. The molecule has 7 nitrogen and oxygen atoms in total. The Morgan fingerprint density at radius 1 is 1.24 bits per heavy atom. The minimum absolute atomic E-state index is 0.203. The summed E-state index contributed by atoms with van der Waals surface area (Å²) in [7, 11) is 0. The van der Waals surface area contributed by atoms with Gasteiger partial charge >= 0.3 is 17.9 Å². The Morgan fingerprint density at radius 3 is 2.38 bits per heavy atom. The average Bonchev–Trinajstić information content (AvgIpc) is 2.57. The Balaban J connectivity index is 2.58. The maximum atomic E-state index is 12.5. The van der Waals surface area contributed by atoms with Crippen molar-refractivity contribution < 1.29 is 33.4 Å². The summed E-state index contributed by atoms with van der Waals surface area (Å²) in [5.41, 5.74) is -3.27. The van der Waals surface area contributed by atoms with Gasteiger partial charge in [0.2, 0.25) is 5.60 Å². The van der Waals surface area contributed by atoms with E-state index in [2.05, 4.69) is 0 Å². The molecule has 2 rings (SSSR count). The molecule has 116 valence electrons. The first-order chi connectivity index (χ1) is 9.66. The molecule has 1 saturated carbocycles. The molecule has 0 radical (unpaired) electrons. The molecule has 0 N–H and O–H groups in total. The third kappa shape index (κ3) is 1.94. The Kier molecular flexibility index (Phi) is 3.55. The van der Waals surface area contributed by atoms with Crippen molar-refractivity contribution in [1.29, 1.82) is 0 Å². The van der Waals surface area contributed by atoms with Gasteiger partial charge in [-0.2, -0.15) is 0 Å². The fraction of sp³-hybridized carbons (Fsp3) is 0.714. The zero-order valence-corrected chi connectivity index (χ0v) is 12.4. The molecule has 0 spiro atoms. The lowest BCUT2D eigenvalue weighted by Crippen LogP contribution is -2.63. The van der Waals surface area contributed by atoms with Gasteiger partial charge in [-0.05, 0) is 13.3 Å². The molecular formula is C14H18O7. The van der Waals surface area contributed by atoms with Gasteiger partial charge < -0.3 is 14.2 Å². The number of carbonyl (C=O) groups is 4. The van der Waals surface area contributed by atoms with E-state index >= 15 is 0 Å². The highest BCUT2D eigenvalue weighted by Crippen LogP contribution is 2.55. The van der Waals surface area contributed by atoms with Crippen molar-refractivity contribution in [2.45, 2.75) is 52.4 Å². The molecule has 0 aromatic rings. The van der Waals surface area contributed by atoms with Crippen LogP contribution in [0.1, 0.15) is 40.5 Å². The molecule has 1 heterocycles. The van der Waals surface area contributed by atoms with Gasteiger partial charge in [-0.15, -0.1) is 0 Å². The van der Waals surface area contributed by atoms with Gasteiger partial charge in [-0.1, -0.05) is 6.92 Å². The van der Waals surface area contributed by atoms with Gasteiger partial charge in [-0.3, -0.25) is 14.4 Å². The highest BCUT2D eigenvalue weighted by molar-refractivity contribution is 6.00. The summed E-state index contributed by atoms with van der Waals surface area (Å²) in [4.78, 5) is 47.5. The van der Waals surface area contributed by atoms with Crippen LogP contribution in [0.15, 0.2) is 0 Å². The highest BCUT2D eigenvalue weighted by Gasteiger charge is 2.76. The molecule has 21 heavy (non-hydrogen) atoms. The smallest absolute Gasteiger partial charge is 0.355 e. The summed E-state index contributed by atoms with van der Waals surface area (Å²) >= 11 is 0. The van der Waals surface area contributed by atoms with Crippen LogP contribution >= 0.6 is 0 Å². The number of fused-ring (bicyclic) bond motifs is 1. The number of hydrogen-bond donors (Lipinski definition) is 0. The maximum Gasteiger partial charge on any atom is 0.355 e. The second kappa shape index (κ2) is 4.82. The molecule has 2 fully saturated rings. The van der Waals surface area contributed by atoms with Gasteiger partial charge in [0.15, 0.2) is 11.2 Å². The molecule has 1 saturated heterocycles. The Labute approximate surface area is 121 Å². The summed E-state index contributed by atoms with van der Waals surface area (Å²) in [6.07, 6.45) is -0.782. The predicted octanol–water partition coefficient (Wildman–Crippen LogP) is 0.740. The van der Waals surface area contributed by atoms with Crippen LogP contribution in [0.25, 0.3) is 0 Å². The van der Waals surface area contributed by atoms with Crippen molar-refractivity contribution in [1.82, 2.24) is 0 Å². The van der Waals surface area contributed by atoms with E-state index in [9.17, 15) is 19.2 Å². The molecule has 0 amide bonds. The molecule has 7 heteroatoms. The fourth-order valence-corrected chi connectivity index (χ4v) is 3.32. The second-order valence-electron chi connectivity index (χ2n) is 5.74. The number of Topliss-reactive ketones (excluding diaryl/α,β-unsaturated/α-hetero) is 1. The van der Waals surface area contributed by atoms with E-state index in [0.29, 0.717) is 6.42 Å². The Morgan fingerprint density at radius 2 is 1.86 bits per heavy atom. The van der Waals surface area contributed by atoms with E-state index in [4.69, 9.17) is 14.2 Å². The molecular weight excluding hydrogens is 280 g/mol. The number of ketones is 1. The molecule has 0 aromatic heterocycles. The minimum Gasteiger partial charge on any atom is -0.445 e. The molecule has 2 aliphatic rings.